The second-order valence-electron chi connectivity index (χ2n) is 10.6. The van der Waals surface area contributed by atoms with Crippen molar-refractivity contribution >= 4 is 39.1 Å². The molecule has 2 unspecified atom stereocenters. The van der Waals surface area contributed by atoms with Crippen LogP contribution < -0.4 is 10.1 Å². The summed E-state index contributed by atoms with van der Waals surface area (Å²) < 4.78 is 36.1. The Morgan fingerprint density at radius 1 is 1.22 bits per heavy atom. The number of hydrogen-bond acceptors (Lipinski definition) is 7. The number of rotatable bonds is 8. The lowest BCUT2D eigenvalue weighted by atomic mass is 9.98. The summed E-state index contributed by atoms with van der Waals surface area (Å²) in [6, 6.07) is 8.28. The Kier molecular flexibility index (Phi) is 8.34. The summed E-state index contributed by atoms with van der Waals surface area (Å²) in [4.78, 5) is 15.0. The molecule has 218 valence electrons. The number of nitrogens with one attached hydrogen (secondary N) is 1. The lowest BCUT2D eigenvalue weighted by molar-refractivity contribution is -0.124. The van der Waals surface area contributed by atoms with Crippen molar-refractivity contribution in [1.29, 1.82) is 0 Å². The van der Waals surface area contributed by atoms with Crippen LogP contribution in [0, 0.1) is 6.92 Å². The number of nitrogens with zero attached hydrogens (tertiary/aromatic N) is 5. The van der Waals surface area contributed by atoms with Gasteiger partial charge >= 0.3 is 0 Å². The third-order valence-corrected chi connectivity index (χ3v) is 10.4. The normalized spacial score (nSPS) is 18.9. The van der Waals surface area contributed by atoms with E-state index in [1.807, 2.05) is 0 Å². The molecule has 0 radical (unpaired) electrons. The molecule has 0 bridgehead atoms. The Morgan fingerprint density at radius 3 is 2.76 bits per heavy atom. The molecule has 2 atom stereocenters. The maximum absolute atomic E-state index is 13.6. The van der Waals surface area contributed by atoms with E-state index in [0.717, 1.165) is 27.7 Å². The van der Waals surface area contributed by atoms with Crippen molar-refractivity contribution < 1.29 is 17.9 Å². The summed E-state index contributed by atoms with van der Waals surface area (Å²) in [5.74, 6) is 0.333. The molecule has 10 nitrogen and oxygen atoms in total. The van der Waals surface area contributed by atoms with E-state index in [-0.39, 0.29) is 22.4 Å². The van der Waals surface area contributed by atoms with Crippen LogP contribution in [0.15, 0.2) is 53.8 Å². The highest BCUT2D eigenvalue weighted by atomic mass is 35.5. The molecule has 1 N–H and O–H groups in total. The molecule has 5 rings (SSSR count). The first-order chi connectivity index (χ1) is 19.5. The van der Waals surface area contributed by atoms with Crippen LogP contribution in [0.5, 0.6) is 5.75 Å². The minimum absolute atomic E-state index is 0.0101. The van der Waals surface area contributed by atoms with Crippen LogP contribution >= 0.6 is 23.2 Å². The summed E-state index contributed by atoms with van der Waals surface area (Å²) in [7, 11) is -2.10. The number of benzene rings is 2. The first-order valence-corrected chi connectivity index (χ1v) is 15.5. The molecule has 0 aliphatic carbocycles. The number of carbonyl (C=O) groups is 1. The van der Waals surface area contributed by atoms with Crippen molar-refractivity contribution in [2.75, 3.05) is 13.7 Å². The van der Waals surface area contributed by atoms with E-state index < -0.39 is 22.0 Å². The van der Waals surface area contributed by atoms with Crippen LogP contribution in [0.4, 0.5) is 0 Å². The van der Waals surface area contributed by atoms with Crippen molar-refractivity contribution in [3.05, 3.63) is 81.4 Å². The minimum atomic E-state index is -4.19. The average Bonchev–Trinajstić information content (AvgIpc) is 3.40. The predicted octanol–water partition coefficient (Wildman–Crippen LogP) is 4.31. The maximum Gasteiger partial charge on any atom is 0.266 e. The van der Waals surface area contributed by atoms with Gasteiger partial charge in [-0.25, -0.2) is 13.1 Å². The molecule has 0 saturated carbocycles. The van der Waals surface area contributed by atoms with Crippen LogP contribution in [0.1, 0.15) is 48.7 Å². The zero-order valence-corrected chi connectivity index (χ0v) is 25.5. The quantitative estimate of drug-likeness (QED) is 0.400. The largest absolute Gasteiger partial charge is 0.493 e. The minimum Gasteiger partial charge on any atom is -0.493 e. The third-order valence-electron chi connectivity index (χ3n) is 7.58. The van der Waals surface area contributed by atoms with E-state index in [0.29, 0.717) is 35.3 Å². The predicted molar refractivity (Wildman–Crippen MR) is 156 cm³/mol. The highest BCUT2D eigenvalue weighted by Crippen LogP contribution is 2.36. The van der Waals surface area contributed by atoms with Gasteiger partial charge in [0.2, 0.25) is 5.91 Å². The molecule has 2 aliphatic rings. The van der Waals surface area contributed by atoms with Gasteiger partial charge in [0.1, 0.15) is 16.7 Å². The molecule has 2 aliphatic heterocycles. The van der Waals surface area contributed by atoms with Gasteiger partial charge in [-0.2, -0.15) is 0 Å². The fraction of sp³-hybridized carbons (Fsp3) is 0.393. The van der Waals surface area contributed by atoms with E-state index in [9.17, 15) is 13.2 Å². The van der Waals surface area contributed by atoms with Crippen LogP contribution in [-0.2, 0) is 27.8 Å². The van der Waals surface area contributed by atoms with Gasteiger partial charge < -0.3 is 10.1 Å². The number of carbonyl (C=O) groups excluding carboxylic acids is 1. The van der Waals surface area contributed by atoms with Crippen molar-refractivity contribution in [2.45, 2.75) is 63.2 Å². The number of fused-ring (bicyclic) bond motifs is 1. The molecule has 41 heavy (non-hydrogen) atoms. The second-order valence-corrected chi connectivity index (χ2v) is 13.2. The second kappa shape index (κ2) is 11.6. The van der Waals surface area contributed by atoms with Gasteiger partial charge in [0.15, 0.2) is 0 Å². The van der Waals surface area contributed by atoms with Gasteiger partial charge in [0.25, 0.3) is 10.0 Å². The van der Waals surface area contributed by atoms with Crippen LogP contribution in [-0.4, -0.2) is 64.3 Å². The highest BCUT2D eigenvalue weighted by Gasteiger charge is 2.38. The Morgan fingerprint density at radius 2 is 2.00 bits per heavy atom. The summed E-state index contributed by atoms with van der Waals surface area (Å²) >= 11 is 12.5. The molecule has 1 aromatic heterocycles. The fourth-order valence-corrected chi connectivity index (χ4v) is 7.14. The van der Waals surface area contributed by atoms with Crippen LogP contribution in [0.2, 0.25) is 10.0 Å². The highest BCUT2D eigenvalue weighted by molar-refractivity contribution is 7.89. The Hall–Kier alpha value is -3.12. The smallest absolute Gasteiger partial charge is 0.266 e. The van der Waals surface area contributed by atoms with E-state index in [4.69, 9.17) is 27.9 Å². The standard InChI is InChI=1S/C28H32Cl2N6O4S/c1-17(2)34(4)15-19-5-6-21-23(9-12-40-25(21)13-19)35-16-20(32-33-35)14-24-28(37)31-10-11-36(24)41(38,39)26-8-7-22(29)18(3)27(26)30/h5-8,10-11,13,16-17,23-24H,9,12,14-15H2,1-4H3,(H,31,37). The molecule has 13 heteroatoms. The van der Waals surface area contributed by atoms with Crippen molar-refractivity contribution in [2.24, 2.45) is 0 Å². The molecule has 3 aromatic rings. The van der Waals surface area contributed by atoms with Gasteiger partial charge in [-0.15, -0.1) is 5.10 Å². The van der Waals surface area contributed by atoms with E-state index in [2.05, 4.69) is 59.6 Å². The molecular weight excluding hydrogens is 587 g/mol. The van der Waals surface area contributed by atoms with Crippen molar-refractivity contribution in [3.63, 3.8) is 0 Å². The average molecular weight is 620 g/mol. The van der Waals surface area contributed by atoms with E-state index in [1.54, 1.807) is 17.8 Å². The first-order valence-electron chi connectivity index (χ1n) is 13.3. The van der Waals surface area contributed by atoms with Gasteiger partial charge in [-0.3, -0.25) is 14.0 Å². The summed E-state index contributed by atoms with van der Waals surface area (Å²) in [5.41, 5.74) is 3.07. The molecule has 3 heterocycles. The number of amides is 1. The maximum atomic E-state index is 13.6. The lowest BCUT2D eigenvalue weighted by Gasteiger charge is -2.31. The Bertz CT molecular complexity index is 1610. The fourth-order valence-electron chi connectivity index (χ4n) is 4.90. The number of ether oxygens (including phenoxy) is 1. The zero-order chi connectivity index (χ0) is 29.5. The van der Waals surface area contributed by atoms with Crippen molar-refractivity contribution in [3.8, 4) is 5.75 Å². The van der Waals surface area contributed by atoms with Gasteiger partial charge in [0.05, 0.1) is 23.4 Å². The molecule has 1 amide bonds. The van der Waals surface area contributed by atoms with E-state index >= 15 is 0 Å². The number of hydrogen-bond donors (Lipinski definition) is 1. The van der Waals surface area contributed by atoms with Gasteiger partial charge in [0, 0.05) is 54.6 Å². The van der Waals surface area contributed by atoms with Gasteiger partial charge in [-0.1, -0.05) is 40.5 Å². The monoisotopic (exact) mass is 618 g/mol. The number of aromatic nitrogens is 3. The van der Waals surface area contributed by atoms with Gasteiger partial charge in [-0.05, 0) is 57.1 Å². The third kappa shape index (κ3) is 5.81. The summed E-state index contributed by atoms with van der Waals surface area (Å²) in [6.07, 6.45) is 5.07. The zero-order valence-electron chi connectivity index (χ0n) is 23.2. The Balaban J connectivity index is 1.39. The molecule has 2 aromatic carbocycles. The molecule has 0 saturated heterocycles. The molecule has 0 spiro atoms. The first kappa shape index (κ1) is 29.4. The molecule has 0 fully saturated rings. The number of halogens is 2. The van der Waals surface area contributed by atoms with E-state index in [1.165, 1.54) is 24.5 Å². The van der Waals surface area contributed by atoms with Crippen LogP contribution in [0.3, 0.4) is 0 Å². The summed E-state index contributed by atoms with van der Waals surface area (Å²) in [6.45, 7) is 7.29. The van der Waals surface area contributed by atoms with Crippen LogP contribution in [0.25, 0.3) is 0 Å². The topological polar surface area (TPSA) is 110 Å². The summed E-state index contributed by atoms with van der Waals surface area (Å²) in [5, 5.41) is 11.6. The lowest BCUT2D eigenvalue weighted by Crippen LogP contribution is -2.50. The molecular formula is C28H32Cl2N6O4S. The van der Waals surface area contributed by atoms with Crippen molar-refractivity contribution in [1.82, 2.24) is 29.5 Å². The SMILES string of the molecule is Cc1c(Cl)ccc(S(=O)(=O)N2C=CNC(=O)C2Cc2cn(C3CCOc4cc(CN(C)C(C)C)ccc43)nn2)c1Cl. The Labute approximate surface area is 249 Å². The number of sulfonamides is 1.